The van der Waals surface area contributed by atoms with Crippen LogP contribution in [0.15, 0.2) is 24.3 Å². The molecule has 0 radical (unpaired) electrons. The summed E-state index contributed by atoms with van der Waals surface area (Å²) in [6.45, 7) is 0.686. The number of carbonyl (C=O) groups is 1. The van der Waals surface area contributed by atoms with Crippen LogP contribution < -0.4 is 10.1 Å². The van der Waals surface area contributed by atoms with Crippen LogP contribution in [0.3, 0.4) is 0 Å². The van der Waals surface area contributed by atoms with Crippen LogP contribution in [0, 0.1) is 17.8 Å². The molecule has 1 aromatic carbocycles. The van der Waals surface area contributed by atoms with Gasteiger partial charge in [0.25, 0.3) is 5.91 Å². The summed E-state index contributed by atoms with van der Waals surface area (Å²) < 4.78 is 5.31. The molecule has 2 N–H and O–H groups in total. The Bertz CT molecular complexity index is 503. The summed E-state index contributed by atoms with van der Waals surface area (Å²) in [6.07, 6.45) is 6.66. The topological polar surface area (TPSA) is 58.6 Å². The quantitative estimate of drug-likeness (QED) is 0.846. The molecule has 2 fully saturated rings. The zero-order valence-electron chi connectivity index (χ0n) is 12.3. The Morgan fingerprint density at radius 2 is 2.14 bits per heavy atom. The van der Waals surface area contributed by atoms with E-state index in [-0.39, 0.29) is 18.3 Å². The molecule has 21 heavy (non-hydrogen) atoms. The lowest BCUT2D eigenvalue weighted by molar-refractivity contribution is -0.123. The SMILES string of the molecule is O=C(COc1ccccc1O)NCCC1CC2CCC1C2. The number of hydrogen-bond donors (Lipinski definition) is 2. The number of carbonyl (C=O) groups excluding carboxylic acids is 1. The predicted molar refractivity (Wildman–Crippen MR) is 80.2 cm³/mol. The fourth-order valence-electron chi connectivity index (χ4n) is 3.90. The maximum atomic E-state index is 11.7. The number of ether oxygens (including phenoxy) is 1. The van der Waals surface area contributed by atoms with Gasteiger partial charge in [-0.2, -0.15) is 0 Å². The minimum Gasteiger partial charge on any atom is -0.504 e. The van der Waals surface area contributed by atoms with Gasteiger partial charge < -0.3 is 15.2 Å². The van der Waals surface area contributed by atoms with Gasteiger partial charge in [-0.1, -0.05) is 18.6 Å². The number of nitrogens with one attached hydrogen (secondary N) is 1. The fourth-order valence-corrected chi connectivity index (χ4v) is 3.90. The molecule has 3 unspecified atom stereocenters. The lowest BCUT2D eigenvalue weighted by Crippen LogP contribution is -2.31. The highest BCUT2D eigenvalue weighted by atomic mass is 16.5. The van der Waals surface area contributed by atoms with Crippen molar-refractivity contribution in [1.82, 2.24) is 5.32 Å². The Hall–Kier alpha value is -1.71. The van der Waals surface area contributed by atoms with Gasteiger partial charge in [0.1, 0.15) is 0 Å². The molecule has 0 aromatic heterocycles. The van der Waals surface area contributed by atoms with E-state index in [2.05, 4.69) is 5.32 Å². The predicted octanol–water partition coefficient (Wildman–Crippen LogP) is 2.71. The number of rotatable bonds is 6. The third-order valence-corrected chi connectivity index (χ3v) is 4.95. The molecule has 4 heteroatoms. The van der Waals surface area contributed by atoms with E-state index >= 15 is 0 Å². The van der Waals surface area contributed by atoms with Crippen LogP contribution >= 0.6 is 0 Å². The number of benzene rings is 1. The average molecular weight is 289 g/mol. The Balaban J connectivity index is 1.34. The Morgan fingerprint density at radius 1 is 1.29 bits per heavy atom. The van der Waals surface area contributed by atoms with Crippen molar-refractivity contribution in [1.29, 1.82) is 0 Å². The monoisotopic (exact) mass is 289 g/mol. The van der Waals surface area contributed by atoms with E-state index in [1.165, 1.54) is 25.7 Å². The standard InChI is InChI=1S/C17H23NO3/c19-15-3-1-2-4-16(15)21-11-17(20)18-8-7-14-10-12-5-6-13(14)9-12/h1-4,12-14,19H,5-11H2,(H,18,20). The zero-order chi connectivity index (χ0) is 14.7. The fraction of sp³-hybridized carbons (Fsp3) is 0.588. The van der Waals surface area contributed by atoms with Gasteiger partial charge in [-0.25, -0.2) is 0 Å². The van der Waals surface area contributed by atoms with E-state index in [1.807, 2.05) is 0 Å². The first-order chi connectivity index (χ1) is 10.2. The number of fused-ring (bicyclic) bond motifs is 2. The van der Waals surface area contributed by atoms with E-state index in [9.17, 15) is 9.90 Å². The molecular weight excluding hydrogens is 266 g/mol. The summed E-state index contributed by atoms with van der Waals surface area (Å²) in [6, 6.07) is 6.68. The molecule has 1 aromatic rings. The highest BCUT2D eigenvalue weighted by Gasteiger charge is 2.38. The molecule has 0 spiro atoms. The maximum absolute atomic E-state index is 11.7. The van der Waals surface area contributed by atoms with Crippen molar-refractivity contribution in [2.45, 2.75) is 32.1 Å². The van der Waals surface area contributed by atoms with Crippen LogP contribution in [0.25, 0.3) is 0 Å². The van der Waals surface area contributed by atoms with Gasteiger partial charge in [0, 0.05) is 6.54 Å². The molecule has 2 aliphatic rings. The lowest BCUT2D eigenvalue weighted by Gasteiger charge is -2.21. The summed E-state index contributed by atoms with van der Waals surface area (Å²) in [4.78, 5) is 11.7. The number of phenolic OH excluding ortho intramolecular Hbond substituents is 1. The summed E-state index contributed by atoms with van der Waals surface area (Å²) in [5.41, 5.74) is 0. The van der Waals surface area contributed by atoms with Crippen LogP contribution in [-0.2, 0) is 4.79 Å². The Labute approximate surface area is 125 Å². The molecular formula is C17H23NO3. The molecule has 0 heterocycles. The normalized spacial score (nSPS) is 26.8. The van der Waals surface area contributed by atoms with Gasteiger partial charge in [-0.05, 0) is 55.6 Å². The summed E-state index contributed by atoms with van der Waals surface area (Å²) in [5, 5.41) is 12.5. The van der Waals surface area contributed by atoms with Gasteiger partial charge >= 0.3 is 0 Å². The molecule has 4 nitrogen and oxygen atoms in total. The van der Waals surface area contributed by atoms with Crippen LogP contribution in [0.5, 0.6) is 11.5 Å². The second-order valence-corrected chi connectivity index (χ2v) is 6.33. The summed E-state index contributed by atoms with van der Waals surface area (Å²) >= 11 is 0. The van der Waals surface area contributed by atoms with Crippen molar-refractivity contribution in [2.75, 3.05) is 13.2 Å². The van der Waals surface area contributed by atoms with E-state index in [0.717, 1.165) is 30.7 Å². The van der Waals surface area contributed by atoms with Crippen molar-refractivity contribution in [3.8, 4) is 11.5 Å². The third-order valence-electron chi connectivity index (χ3n) is 4.95. The number of aromatic hydroxyl groups is 1. The molecule has 2 aliphatic carbocycles. The van der Waals surface area contributed by atoms with Crippen molar-refractivity contribution in [2.24, 2.45) is 17.8 Å². The first kappa shape index (κ1) is 14.2. The second-order valence-electron chi connectivity index (χ2n) is 6.33. The molecule has 114 valence electrons. The third kappa shape index (κ3) is 3.49. The first-order valence-electron chi connectivity index (χ1n) is 7.90. The van der Waals surface area contributed by atoms with E-state index in [0.29, 0.717) is 5.75 Å². The van der Waals surface area contributed by atoms with Crippen molar-refractivity contribution in [3.05, 3.63) is 24.3 Å². The van der Waals surface area contributed by atoms with Gasteiger partial charge in [0.15, 0.2) is 18.1 Å². The largest absolute Gasteiger partial charge is 0.504 e. The molecule has 0 aliphatic heterocycles. The van der Waals surface area contributed by atoms with Gasteiger partial charge in [0.2, 0.25) is 0 Å². The minimum absolute atomic E-state index is 0.0473. The summed E-state index contributed by atoms with van der Waals surface area (Å²) in [7, 11) is 0. The lowest BCUT2D eigenvalue weighted by atomic mass is 9.86. The highest BCUT2D eigenvalue weighted by Crippen LogP contribution is 2.49. The van der Waals surface area contributed by atoms with E-state index < -0.39 is 0 Å². The molecule has 3 rings (SSSR count). The van der Waals surface area contributed by atoms with Crippen LogP contribution in [0.4, 0.5) is 0 Å². The minimum atomic E-state index is -0.124. The molecule has 1 amide bonds. The second kappa shape index (κ2) is 6.37. The molecule has 2 bridgehead atoms. The maximum Gasteiger partial charge on any atom is 0.257 e. The average Bonchev–Trinajstić information content (AvgIpc) is 3.09. The zero-order valence-corrected chi connectivity index (χ0v) is 12.3. The Morgan fingerprint density at radius 3 is 2.86 bits per heavy atom. The molecule has 0 saturated heterocycles. The van der Waals surface area contributed by atoms with Crippen LogP contribution in [0.1, 0.15) is 32.1 Å². The van der Waals surface area contributed by atoms with Crippen LogP contribution in [-0.4, -0.2) is 24.2 Å². The smallest absolute Gasteiger partial charge is 0.257 e. The summed E-state index contributed by atoms with van der Waals surface area (Å²) in [5.74, 6) is 2.96. The Kier molecular flexibility index (Phi) is 4.32. The number of hydrogen-bond acceptors (Lipinski definition) is 3. The van der Waals surface area contributed by atoms with Gasteiger partial charge in [-0.3, -0.25) is 4.79 Å². The first-order valence-corrected chi connectivity index (χ1v) is 7.90. The number of amides is 1. The van der Waals surface area contributed by atoms with E-state index in [4.69, 9.17) is 4.74 Å². The van der Waals surface area contributed by atoms with Gasteiger partial charge in [-0.15, -0.1) is 0 Å². The molecule has 3 atom stereocenters. The number of para-hydroxylation sites is 2. The molecule has 2 saturated carbocycles. The van der Waals surface area contributed by atoms with E-state index in [1.54, 1.807) is 24.3 Å². The van der Waals surface area contributed by atoms with Crippen molar-refractivity contribution >= 4 is 5.91 Å². The van der Waals surface area contributed by atoms with Crippen molar-refractivity contribution < 1.29 is 14.6 Å². The highest BCUT2D eigenvalue weighted by molar-refractivity contribution is 5.77. The van der Waals surface area contributed by atoms with Crippen LogP contribution in [0.2, 0.25) is 0 Å². The number of phenols is 1. The van der Waals surface area contributed by atoms with Crippen molar-refractivity contribution in [3.63, 3.8) is 0 Å². The van der Waals surface area contributed by atoms with Gasteiger partial charge in [0.05, 0.1) is 0 Å².